The van der Waals surface area contributed by atoms with E-state index < -0.39 is 0 Å². The van der Waals surface area contributed by atoms with Crippen LogP contribution in [-0.2, 0) is 15.9 Å². The second kappa shape index (κ2) is 7.05. The summed E-state index contributed by atoms with van der Waals surface area (Å²) < 4.78 is 12.4. The smallest absolute Gasteiger partial charge is 0.191 e. The number of ether oxygens (including phenoxy) is 2. The van der Waals surface area contributed by atoms with Gasteiger partial charge in [-0.2, -0.15) is 0 Å². The van der Waals surface area contributed by atoms with Crippen LogP contribution in [0.1, 0.15) is 16.9 Å². The molecule has 24 heavy (non-hydrogen) atoms. The van der Waals surface area contributed by atoms with E-state index in [1.165, 1.54) is 0 Å². The van der Waals surface area contributed by atoms with Crippen LogP contribution in [0.5, 0.6) is 0 Å². The van der Waals surface area contributed by atoms with Crippen LogP contribution in [-0.4, -0.2) is 44.4 Å². The predicted molar refractivity (Wildman–Crippen MR) is 97.6 cm³/mol. The molecule has 2 aromatic rings. The van der Waals surface area contributed by atoms with Crippen LogP contribution in [0.4, 0.5) is 0 Å². The molecule has 5 heteroatoms. The SMILES string of the molecule is O=c1c2c(sc3ccccc13)C=C(OCCN1CCOCC1)CC2. The topological polar surface area (TPSA) is 38.8 Å². The third-order valence-electron chi connectivity index (χ3n) is 4.64. The van der Waals surface area contributed by atoms with Gasteiger partial charge in [0, 0.05) is 46.6 Å². The minimum absolute atomic E-state index is 0.183. The molecule has 0 unspecified atom stereocenters. The number of benzene rings is 1. The number of hydrogen-bond donors (Lipinski definition) is 0. The summed E-state index contributed by atoms with van der Waals surface area (Å²) in [6, 6.07) is 7.86. The number of rotatable bonds is 4. The molecule has 0 bridgehead atoms. The van der Waals surface area contributed by atoms with Crippen molar-refractivity contribution >= 4 is 27.5 Å². The standard InChI is InChI=1S/C19H21NO3S/c21-19-15-3-1-2-4-17(15)24-18-13-14(5-6-16(18)19)23-12-9-20-7-10-22-11-8-20/h1-4,13H,5-12H2. The Kier molecular flexibility index (Phi) is 4.65. The minimum Gasteiger partial charge on any atom is -0.497 e. The van der Waals surface area contributed by atoms with Gasteiger partial charge in [0.15, 0.2) is 5.43 Å². The van der Waals surface area contributed by atoms with Crippen LogP contribution in [0.2, 0.25) is 0 Å². The summed E-state index contributed by atoms with van der Waals surface area (Å²) in [6.45, 7) is 5.23. The Morgan fingerprint density at radius 3 is 2.88 bits per heavy atom. The lowest BCUT2D eigenvalue weighted by Crippen LogP contribution is -2.38. The average Bonchev–Trinajstić information content (AvgIpc) is 2.63. The van der Waals surface area contributed by atoms with Crippen molar-refractivity contribution in [2.24, 2.45) is 0 Å². The molecule has 1 saturated heterocycles. The molecule has 0 spiro atoms. The number of nitrogens with zero attached hydrogens (tertiary/aromatic N) is 1. The van der Waals surface area contributed by atoms with Gasteiger partial charge < -0.3 is 9.47 Å². The number of allylic oxidation sites excluding steroid dienone is 1. The Balaban J connectivity index is 1.48. The molecule has 1 aromatic heterocycles. The van der Waals surface area contributed by atoms with E-state index in [4.69, 9.17) is 9.47 Å². The first-order valence-electron chi connectivity index (χ1n) is 8.49. The highest BCUT2D eigenvalue weighted by atomic mass is 32.1. The first-order valence-corrected chi connectivity index (χ1v) is 9.31. The zero-order valence-electron chi connectivity index (χ0n) is 13.6. The molecule has 1 aliphatic carbocycles. The Bertz CT molecular complexity index is 821. The molecule has 126 valence electrons. The van der Waals surface area contributed by atoms with Crippen LogP contribution >= 0.6 is 11.3 Å². The molecule has 0 amide bonds. The lowest BCUT2D eigenvalue weighted by atomic mass is 10.0. The van der Waals surface area contributed by atoms with Crippen molar-refractivity contribution in [3.05, 3.63) is 50.7 Å². The molecule has 1 aliphatic heterocycles. The maximum atomic E-state index is 12.6. The van der Waals surface area contributed by atoms with Crippen molar-refractivity contribution in [3.8, 4) is 0 Å². The molecule has 1 fully saturated rings. The lowest BCUT2D eigenvalue weighted by molar-refractivity contribution is 0.0272. The van der Waals surface area contributed by atoms with E-state index in [1.807, 2.05) is 24.3 Å². The molecule has 4 rings (SSSR count). The summed E-state index contributed by atoms with van der Waals surface area (Å²) in [4.78, 5) is 16.0. The van der Waals surface area contributed by atoms with Gasteiger partial charge in [-0.1, -0.05) is 12.1 Å². The Hall–Kier alpha value is -1.69. The number of hydrogen-bond acceptors (Lipinski definition) is 5. The molecule has 2 heterocycles. The van der Waals surface area contributed by atoms with Gasteiger partial charge in [-0.25, -0.2) is 0 Å². The van der Waals surface area contributed by atoms with Crippen LogP contribution in [0, 0.1) is 0 Å². The fraction of sp³-hybridized carbons (Fsp3) is 0.421. The second-order valence-electron chi connectivity index (χ2n) is 6.18. The molecule has 2 aliphatic rings. The molecule has 4 nitrogen and oxygen atoms in total. The third-order valence-corrected chi connectivity index (χ3v) is 5.80. The number of fused-ring (bicyclic) bond motifs is 2. The Morgan fingerprint density at radius 2 is 2.00 bits per heavy atom. The molecular formula is C19H21NO3S. The van der Waals surface area contributed by atoms with E-state index in [0.717, 1.165) is 72.0 Å². The minimum atomic E-state index is 0.183. The van der Waals surface area contributed by atoms with Crippen molar-refractivity contribution in [3.63, 3.8) is 0 Å². The summed E-state index contributed by atoms with van der Waals surface area (Å²) >= 11 is 1.69. The van der Waals surface area contributed by atoms with Crippen molar-refractivity contribution in [1.29, 1.82) is 0 Å². The van der Waals surface area contributed by atoms with E-state index in [9.17, 15) is 4.79 Å². The molecular weight excluding hydrogens is 322 g/mol. The summed E-state index contributed by atoms with van der Waals surface area (Å²) in [5, 5.41) is 0.839. The van der Waals surface area contributed by atoms with Crippen LogP contribution in [0.15, 0.2) is 34.8 Å². The highest BCUT2D eigenvalue weighted by molar-refractivity contribution is 7.19. The van der Waals surface area contributed by atoms with E-state index in [0.29, 0.717) is 6.61 Å². The van der Waals surface area contributed by atoms with Gasteiger partial charge in [0.2, 0.25) is 0 Å². The van der Waals surface area contributed by atoms with Gasteiger partial charge in [-0.05, 0) is 24.6 Å². The normalized spacial score (nSPS) is 18.2. The molecule has 0 saturated carbocycles. The van der Waals surface area contributed by atoms with Crippen LogP contribution in [0.25, 0.3) is 16.2 Å². The third kappa shape index (κ3) is 3.24. The van der Waals surface area contributed by atoms with Crippen LogP contribution in [0.3, 0.4) is 0 Å². The quantitative estimate of drug-likeness (QED) is 0.856. The van der Waals surface area contributed by atoms with E-state index >= 15 is 0 Å². The number of morpholine rings is 1. The second-order valence-corrected chi connectivity index (χ2v) is 7.27. The van der Waals surface area contributed by atoms with Gasteiger partial charge in [-0.15, -0.1) is 11.3 Å². The fourth-order valence-electron chi connectivity index (χ4n) is 3.26. The first-order chi connectivity index (χ1) is 11.8. The van der Waals surface area contributed by atoms with Crippen molar-refractivity contribution in [1.82, 2.24) is 4.90 Å². The monoisotopic (exact) mass is 343 g/mol. The fourth-order valence-corrected chi connectivity index (χ4v) is 4.42. The molecule has 0 radical (unpaired) electrons. The molecule has 1 aromatic carbocycles. The van der Waals surface area contributed by atoms with Crippen molar-refractivity contribution < 1.29 is 9.47 Å². The Labute approximate surface area is 145 Å². The lowest BCUT2D eigenvalue weighted by Gasteiger charge is -2.26. The van der Waals surface area contributed by atoms with Gasteiger partial charge in [-0.3, -0.25) is 9.69 Å². The predicted octanol–water partition coefficient (Wildman–Crippen LogP) is 2.90. The van der Waals surface area contributed by atoms with E-state index in [-0.39, 0.29) is 5.43 Å². The van der Waals surface area contributed by atoms with Crippen molar-refractivity contribution in [2.75, 3.05) is 39.5 Å². The zero-order chi connectivity index (χ0) is 16.4. The summed E-state index contributed by atoms with van der Waals surface area (Å²) in [5.41, 5.74) is 1.13. The van der Waals surface area contributed by atoms with Crippen molar-refractivity contribution in [2.45, 2.75) is 12.8 Å². The summed E-state index contributed by atoms with van der Waals surface area (Å²) in [7, 11) is 0. The van der Waals surface area contributed by atoms with Gasteiger partial charge in [0.25, 0.3) is 0 Å². The highest BCUT2D eigenvalue weighted by Crippen LogP contribution is 2.29. The maximum absolute atomic E-state index is 12.6. The van der Waals surface area contributed by atoms with E-state index in [2.05, 4.69) is 11.0 Å². The average molecular weight is 343 g/mol. The first kappa shape index (κ1) is 15.8. The highest BCUT2D eigenvalue weighted by Gasteiger charge is 2.18. The zero-order valence-corrected chi connectivity index (χ0v) is 14.4. The van der Waals surface area contributed by atoms with Gasteiger partial charge in [0.1, 0.15) is 6.61 Å². The molecule has 0 N–H and O–H groups in total. The Morgan fingerprint density at radius 1 is 1.17 bits per heavy atom. The summed E-state index contributed by atoms with van der Waals surface area (Å²) in [6.07, 6.45) is 3.66. The maximum Gasteiger partial charge on any atom is 0.191 e. The van der Waals surface area contributed by atoms with Gasteiger partial charge >= 0.3 is 0 Å². The van der Waals surface area contributed by atoms with E-state index in [1.54, 1.807) is 11.3 Å². The molecule has 0 atom stereocenters. The van der Waals surface area contributed by atoms with Crippen LogP contribution < -0.4 is 5.43 Å². The summed E-state index contributed by atoms with van der Waals surface area (Å²) in [5.74, 6) is 1.00. The largest absolute Gasteiger partial charge is 0.497 e. The van der Waals surface area contributed by atoms with Gasteiger partial charge in [0.05, 0.1) is 19.0 Å².